The fraction of sp³-hybridized carbons (Fsp3) is 0.308. The summed E-state index contributed by atoms with van der Waals surface area (Å²) >= 11 is 0. The molecule has 0 saturated heterocycles. The Morgan fingerprint density at radius 2 is 2.12 bits per heavy atom. The maximum Gasteiger partial charge on any atom is 0.227 e. The van der Waals surface area contributed by atoms with Crippen LogP contribution in [-0.2, 0) is 17.8 Å². The van der Waals surface area contributed by atoms with Gasteiger partial charge in [0.05, 0.1) is 6.61 Å². The van der Waals surface area contributed by atoms with Crippen LogP contribution in [0.25, 0.3) is 0 Å². The highest BCUT2D eigenvalue weighted by Crippen LogP contribution is 2.21. The maximum atomic E-state index is 12.0. The summed E-state index contributed by atoms with van der Waals surface area (Å²) in [5.41, 5.74) is 3.25. The van der Waals surface area contributed by atoms with E-state index in [1.165, 1.54) is 11.1 Å². The predicted octanol–water partition coefficient (Wildman–Crippen LogP) is 1.78. The Bertz CT molecular complexity index is 477. The highest BCUT2D eigenvalue weighted by molar-refractivity contribution is 6.07. The summed E-state index contributed by atoms with van der Waals surface area (Å²) in [4.78, 5) is 12.0. The summed E-state index contributed by atoms with van der Waals surface area (Å²) in [6.07, 6.45) is 2.71. The van der Waals surface area contributed by atoms with Gasteiger partial charge in [-0.25, -0.2) is 0 Å². The Labute approximate surface area is 94.1 Å². The van der Waals surface area contributed by atoms with Crippen LogP contribution in [0.15, 0.2) is 30.0 Å². The molecule has 3 nitrogen and oxygen atoms in total. The van der Waals surface area contributed by atoms with Gasteiger partial charge in [-0.05, 0) is 23.3 Å². The predicted molar refractivity (Wildman–Crippen MR) is 60.0 cm³/mol. The number of nitrogens with one attached hydrogen (secondary N) is 1. The van der Waals surface area contributed by atoms with E-state index in [4.69, 9.17) is 4.74 Å². The molecule has 0 aromatic heterocycles. The zero-order valence-corrected chi connectivity index (χ0v) is 8.95. The number of carbonyl (C=O) groups excluding carboxylic acids is 1. The quantitative estimate of drug-likeness (QED) is 0.764. The molecule has 3 rings (SSSR count). The van der Waals surface area contributed by atoms with Crippen molar-refractivity contribution in [3.8, 4) is 0 Å². The second-order valence-corrected chi connectivity index (χ2v) is 4.12. The van der Waals surface area contributed by atoms with E-state index in [-0.39, 0.29) is 5.78 Å². The second kappa shape index (κ2) is 3.76. The number of fused-ring (bicyclic) bond motifs is 1. The van der Waals surface area contributed by atoms with E-state index < -0.39 is 0 Å². The fourth-order valence-electron chi connectivity index (χ4n) is 2.15. The molecule has 2 heterocycles. The zero-order valence-electron chi connectivity index (χ0n) is 8.95. The van der Waals surface area contributed by atoms with E-state index in [1.54, 1.807) is 0 Å². The van der Waals surface area contributed by atoms with Crippen molar-refractivity contribution in [3.63, 3.8) is 0 Å². The first kappa shape index (κ1) is 9.60. The molecule has 2 aliphatic heterocycles. The minimum Gasteiger partial charge on any atom is -0.489 e. The molecule has 0 fully saturated rings. The molecule has 0 aliphatic carbocycles. The monoisotopic (exact) mass is 215 g/mol. The van der Waals surface area contributed by atoms with E-state index in [0.29, 0.717) is 12.4 Å². The minimum absolute atomic E-state index is 0.00667. The highest BCUT2D eigenvalue weighted by Gasteiger charge is 2.19. The van der Waals surface area contributed by atoms with Gasteiger partial charge in [0.25, 0.3) is 0 Å². The molecule has 0 bridgehead atoms. The number of carbonyl (C=O) groups is 1. The van der Waals surface area contributed by atoms with Gasteiger partial charge in [0.1, 0.15) is 0 Å². The number of hydrogen-bond acceptors (Lipinski definition) is 3. The molecule has 16 heavy (non-hydrogen) atoms. The van der Waals surface area contributed by atoms with Crippen LogP contribution in [0.5, 0.6) is 0 Å². The zero-order chi connectivity index (χ0) is 11.0. The Balaban J connectivity index is 1.92. The maximum absolute atomic E-state index is 12.0. The van der Waals surface area contributed by atoms with Gasteiger partial charge in [0.2, 0.25) is 5.78 Å². The van der Waals surface area contributed by atoms with Crippen LogP contribution >= 0.6 is 0 Å². The van der Waals surface area contributed by atoms with Crippen LogP contribution in [0, 0.1) is 0 Å². The molecular weight excluding hydrogens is 202 g/mol. The second-order valence-electron chi connectivity index (χ2n) is 4.12. The molecule has 0 spiro atoms. The molecule has 82 valence electrons. The van der Waals surface area contributed by atoms with E-state index >= 15 is 0 Å². The van der Waals surface area contributed by atoms with Crippen LogP contribution in [-0.4, -0.2) is 12.4 Å². The van der Waals surface area contributed by atoms with E-state index in [9.17, 15) is 4.79 Å². The van der Waals surface area contributed by atoms with E-state index in [2.05, 4.69) is 5.32 Å². The Morgan fingerprint density at radius 3 is 2.94 bits per heavy atom. The largest absolute Gasteiger partial charge is 0.489 e. The number of rotatable bonds is 2. The lowest BCUT2D eigenvalue weighted by Crippen LogP contribution is -2.04. The van der Waals surface area contributed by atoms with Gasteiger partial charge in [-0.15, -0.1) is 0 Å². The number of allylic oxidation sites excluding steroid dienone is 1. The van der Waals surface area contributed by atoms with Gasteiger partial charge in [0.15, 0.2) is 5.76 Å². The Kier molecular flexibility index (Phi) is 2.26. The van der Waals surface area contributed by atoms with Crippen molar-refractivity contribution >= 4 is 5.78 Å². The molecule has 0 unspecified atom stereocenters. The van der Waals surface area contributed by atoms with Gasteiger partial charge in [-0.3, -0.25) is 4.79 Å². The van der Waals surface area contributed by atoms with Crippen molar-refractivity contribution in [1.82, 2.24) is 5.32 Å². The minimum atomic E-state index is 0.00667. The Morgan fingerprint density at radius 1 is 1.25 bits per heavy atom. The van der Waals surface area contributed by atoms with Crippen LogP contribution < -0.4 is 5.32 Å². The van der Waals surface area contributed by atoms with Gasteiger partial charge in [-0.2, -0.15) is 0 Å². The smallest absolute Gasteiger partial charge is 0.227 e. The van der Waals surface area contributed by atoms with Crippen LogP contribution in [0.3, 0.4) is 0 Å². The molecular formula is C13H13NO2. The van der Waals surface area contributed by atoms with Crippen molar-refractivity contribution in [2.45, 2.75) is 19.5 Å². The third-order valence-corrected chi connectivity index (χ3v) is 3.03. The third kappa shape index (κ3) is 1.53. The number of ketones is 1. The summed E-state index contributed by atoms with van der Waals surface area (Å²) in [5, 5.41) is 3.27. The molecule has 0 radical (unpaired) electrons. The summed E-state index contributed by atoms with van der Waals surface area (Å²) in [7, 11) is 0. The Hall–Kier alpha value is -1.61. The van der Waals surface area contributed by atoms with Crippen molar-refractivity contribution < 1.29 is 9.53 Å². The summed E-state index contributed by atoms with van der Waals surface area (Å²) in [6.45, 7) is 2.40. The normalized spacial score (nSPS) is 17.9. The molecule has 0 amide bonds. The van der Waals surface area contributed by atoms with Crippen molar-refractivity contribution in [3.05, 3.63) is 46.7 Å². The molecule has 0 atom stereocenters. The van der Waals surface area contributed by atoms with Crippen LogP contribution in [0.2, 0.25) is 0 Å². The first-order valence-electron chi connectivity index (χ1n) is 5.55. The molecule has 1 aromatic rings. The molecule has 1 N–H and O–H groups in total. The highest BCUT2D eigenvalue weighted by atomic mass is 16.5. The summed E-state index contributed by atoms with van der Waals surface area (Å²) in [5.74, 6) is 0.512. The van der Waals surface area contributed by atoms with Crippen molar-refractivity contribution in [2.75, 3.05) is 6.61 Å². The van der Waals surface area contributed by atoms with E-state index in [1.807, 2.05) is 24.3 Å². The van der Waals surface area contributed by atoms with E-state index in [0.717, 1.165) is 25.1 Å². The number of Topliss-reactive ketones (excluding diaryl/α,β-unsaturated/α-hetero) is 1. The number of ether oxygens (including phenoxy) is 1. The summed E-state index contributed by atoms with van der Waals surface area (Å²) < 4.78 is 5.28. The van der Waals surface area contributed by atoms with Crippen molar-refractivity contribution in [2.24, 2.45) is 0 Å². The lowest BCUT2D eigenvalue weighted by molar-refractivity contribution is 0.0942. The molecule has 1 aromatic carbocycles. The molecule has 0 saturated carbocycles. The van der Waals surface area contributed by atoms with Crippen molar-refractivity contribution in [1.29, 1.82) is 0 Å². The first-order chi connectivity index (χ1) is 7.84. The number of hydrogen-bond donors (Lipinski definition) is 1. The summed E-state index contributed by atoms with van der Waals surface area (Å²) in [6, 6.07) is 5.88. The van der Waals surface area contributed by atoms with Gasteiger partial charge < -0.3 is 10.1 Å². The van der Waals surface area contributed by atoms with Gasteiger partial charge in [0, 0.05) is 25.1 Å². The van der Waals surface area contributed by atoms with Crippen LogP contribution in [0.1, 0.15) is 27.9 Å². The average Bonchev–Trinajstić information content (AvgIpc) is 2.98. The fourth-order valence-corrected chi connectivity index (χ4v) is 2.15. The third-order valence-electron chi connectivity index (χ3n) is 3.03. The number of benzene rings is 1. The van der Waals surface area contributed by atoms with Gasteiger partial charge >= 0.3 is 0 Å². The lowest BCUT2D eigenvalue weighted by atomic mass is 10.0. The lowest BCUT2D eigenvalue weighted by Gasteiger charge is -2.05. The van der Waals surface area contributed by atoms with Crippen LogP contribution in [0.4, 0.5) is 0 Å². The first-order valence-corrected chi connectivity index (χ1v) is 5.55. The standard InChI is InChI=1S/C13H13NO2/c15-13(12-2-1-5-16-12)9-3-4-10-7-14-8-11(10)6-9/h2-4,6,14H,1,5,7-8H2. The SMILES string of the molecule is O=C(C1=CCCO1)c1ccc2c(c1)CNC2. The topological polar surface area (TPSA) is 38.3 Å². The van der Waals surface area contributed by atoms with Gasteiger partial charge in [-0.1, -0.05) is 12.1 Å². The molecule has 2 aliphatic rings. The average molecular weight is 215 g/mol. The molecule has 3 heteroatoms.